The van der Waals surface area contributed by atoms with Gasteiger partial charge in [-0.1, -0.05) is 35.8 Å². The Bertz CT molecular complexity index is 1290. The Morgan fingerprint density at radius 2 is 1.80 bits per heavy atom. The van der Waals surface area contributed by atoms with Crippen molar-refractivity contribution in [2.24, 2.45) is 0 Å². The largest absolute Gasteiger partial charge is 0.338 e. The second kappa shape index (κ2) is 9.75. The SMILES string of the molecule is O=C(c1nn(-c2ccccc2)c2c1CCCCC2)N1CCN(Cc2nc(-c3cccs3)no2)CC1. The van der Waals surface area contributed by atoms with Gasteiger partial charge in [0.05, 0.1) is 17.1 Å². The first-order valence-corrected chi connectivity index (χ1v) is 13.2. The molecule has 6 rings (SSSR count). The lowest BCUT2D eigenvalue weighted by molar-refractivity contribution is 0.0608. The monoisotopic (exact) mass is 488 g/mol. The van der Waals surface area contributed by atoms with Crippen molar-refractivity contribution in [3.63, 3.8) is 0 Å². The Hall–Kier alpha value is -3.30. The Balaban J connectivity index is 1.15. The van der Waals surface area contributed by atoms with Gasteiger partial charge in [-0.25, -0.2) is 4.68 Å². The average Bonchev–Trinajstić information content (AvgIpc) is 3.62. The van der Waals surface area contributed by atoms with Gasteiger partial charge in [0.15, 0.2) is 5.69 Å². The van der Waals surface area contributed by atoms with Gasteiger partial charge in [0.25, 0.3) is 5.91 Å². The molecule has 2 aliphatic rings. The Labute approximate surface area is 208 Å². The molecule has 3 aromatic heterocycles. The van der Waals surface area contributed by atoms with Crippen LogP contribution in [0.2, 0.25) is 0 Å². The van der Waals surface area contributed by atoms with Crippen LogP contribution in [0.5, 0.6) is 0 Å². The van der Waals surface area contributed by atoms with E-state index in [4.69, 9.17) is 9.62 Å². The fraction of sp³-hybridized carbons (Fsp3) is 0.385. The smallest absolute Gasteiger partial charge is 0.274 e. The van der Waals surface area contributed by atoms with Gasteiger partial charge in [-0.2, -0.15) is 10.1 Å². The van der Waals surface area contributed by atoms with E-state index >= 15 is 0 Å². The van der Waals surface area contributed by atoms with Gasteiger partial charge in [-0.05, 0) is 49.3 Å². The maximum atomic E-state index is 13.6. The number of thiophene rings is 1. The summed E-state index contributed by atoms with van der Waals surface area (Å²) in [5, 5.41) is 11.0. The topological polar surface area (TPSA) is 80.3 Å². The molecule has 0 radical (unpaired) electrons. The van der Waals surface area contributed by atoms with E-state index < -0.39 is 0 Å². The molecule has 1 aromatic carbocycles. The minimum absolute atomic E-state index is 0.0512. The molecule has 1 aliphatic carbocycles. The number of para-hydroxylation sites is 1. The molecule has 0 unspecified atom stereocenters. The lowest BCUT2D eigenvalue weighted by Gasteiger charge is -2.33. The van der Waals surface area contributed by atoms with Crippen molar-refractivity contribution in [2.75, 3.05) is 26.2 Å². The zero-order chi connectivity index (χ0) is 23.6. The van der Waals surface area contributed by atoms with Crippen molar-refractivity contribution in [2.45, 2.75) is 38.6 Å². The van der Waals surface area contributed by atoms with Crippen LogP contribution in [-0.2, 0) is 19.4 Å². The molecule has 1 amide bonds. The fourth-order valence-corrected chi connectivity index (χ4v) is 5.65. The molecule has 0 atom stereocenters. The predicted molar refractivity (Wildman–Crippen MR) is 134 cm³/mol. The Morgan fingerprint density at radius 1 is 0.971 bits per heavy atom. The number of aromatic nitrogens is 4. The van der Waals surface area contributed by atoms with E-state index in [1.54, 1.807) is 11.3 Å². The summed E-state index contributed by atoms with van der Waals surface area (Å²) in [6.07, 6.45) is 5.34. The number of piperazine rings is 1. The van der Waals surface area contributed by atoms with Crippen molar-refractivity contribution < 1.29 is 9.32 Å². The number of nitrogens with zero attached hydrogens (tertiary/aromatic N) is 6. The fourth-order valence-electron chi connectivity index (χ4n) is 5.01. The van der Waals surface area contributed by atoms with E-state index in [0.717, 1.165) is 54.9 Å². The first-order chi connectivity index (χ1) is 17.3. The zero-order valence-electron chi connectivity index (χ0n) is 19.6. The van der Waals surface area contributed by atoms with Crippen molar-refractivity contribution in [1.29, 1.82) is 0 Å². The minimum atomic E-state index is 0.0512. The molecule has 0 N–H and O–H groups in total. The van der Waals surface area contributed by atoms with E-state index in [1.165, 1.54) is 12.1 Å². The lowest BCUT2D eigenvalue weighted by Crippen LogP contribution is -2.48. The molecule has 1 fully saturated rings. The number of hydrogen-bond acceptors (Lipinski definition) is 7. The van der Waals surface area contributed by atoms with Gasteiger partial charge in [-0.15, -0.1) is 11.3 Å². The molecule has 180 valence electrons. The second-order valence-corrected chi connectivity index (χ2v) is 10.1. The third-order valence-electron chi connectivity index (χ3n) is 6.86. The van der Waals surface area contributed by atoms with Crippen LogP contribution in [0.3, 0.4) is 0 Å². The number of carbonyl (C=O) groups is 1. The van der Waals surface area contributed by atoms with Crippen LogP contribution in [-0.4, -0.2) is 61.8 Å². The average molecular weight is 489 g/mol. The third kappa shape index (κ3) is 4.53. The van der Waals surface area contributed by atoms with Crippen LogP contribution >= 0.6 is 11.3 Å². The number of amides is 1. The standard InChI is InChI=1S/C26H28N6O2S/c33-26(24-20-10-5-2-6-11-21(20)32(28-24)19-8-3-1-4-9-19)31-15-13-30(14-16-31)18-23-27-25(29-34-23)22-12-7-17-35-22/h1,3-4,7-9,12,17H,2,5-6,10-11,13-16,18H2. The first kappa shape index (κ1) is 22.2. The highest BCUT2D eigenvalue weighted by Crippen LogP contribution is 2.28. The highest BCUT2D eigenvalue weighted by Gasteiger charge is 2.30. The Morgan fingerprint density at radius 3 is 2.60 bits per heavy atom. The van der Waals surface area contributed by atoms with E-state index in [-0.39, 0.29) is 5.91 Å². The molecule has 8 nitrogen and oxygen atoms in total. The molecule has 1 saturated heterocycles. The maximum absolute atomic E-state index is 13.6. The number of rotatable bonds is 5. The summed E-state index contributed by atoms with van der Waals surface area (Å²) in [6.45, 7) is 3.46. The van der Waals surface area contributed by atoms with Gasteiger partial charge in [0.2, 0.25) is 11.7 Å². The molecule has 9 heteroatoms. The van der Waals surface area contributed by atoms with E-state index in [1.807, 2.05) is 45.3 Å². The summed E-state index contributed by atoms with van der Waals surface area (Å²) >= 11 is 1.60. The summed E-state index contributed by atoms with van der Waals surface area (Å²) < 4.78 is 7.47. The zero-order valence-corrected chi connectivity index (χ0v) is 20.4. The van der Waals surface area contributed by atoms with Crippen LogP contribution in [0.15, 0.2) is 52.4 Å². The number of carbonyl (C=O) groups excluding carboxylic acids is 1. The molecule has 35 heavy (non-hydrogen) atoms. The van der Waals surface area contributed by atoms with Crippen molar-refractivity contribution in [1.82, 2.24) is 29.7 Å². The summed E-state index contributed by atoms with van der Waals surface area (Å²) in [7, 11) is 0. The van der Waals surface area contributed by atoms with Gasteiger partial charge >= 0.3 is 0 Å². The molecule has 4 heterocycles. The molecule has 0 saturated carbocycles. The quantitative estimate of drug-likeness (QED) is 0.392. The molecule has 0 bridgehead atoms. The highest BCUT2D eigenvalue weighted by atomic mass is 32.1. The third-order valence-corrected chi connectivity index (χ3v) is 7.73. The molecular weight excluding hydrogens is 460 g/mol. The Kier molecular flexibility index (Phi) is 6.18. The van der Waals surface area contributed by atoms with Crippen molar-refractivity contribution in [3.05, 3.63) is 70.7 Å². The van der Waals surface area contributed by atoms with Crippen molar-refractivity contribution >= 4 is 17.2 Å². The molecule has 4 aromatic rings. The van der Waals surface area contributed by atoms with Crippen LogP contribution in [0.25, 0.3) is 16.4 Å². The van der Waals surface area contributed by atoms with Gasteiger partial charge in [0.1, 0.15) is 0 Å². The maximum Gasteiger partial charge on any atom is 0.274 e. The highest BCUT2D eigenvalue weighted by molar-refractivity contribution is 7.13. The van der Waals surface area contributed by atoms with Gasteiger partial charge in [0, 0.05) is 37.4 Å². The van der Waals surface area contributed by atoms with Crippen molar-refractivity contribution in [3.8, 4) is 16.4 Å². The van der Waals surface area contributed by atoms with Crippen LogP contribution in [0.1, 0.15) is 46.9 Å². The van der Waals surface area contributed by atoms with Crippen LogP contribution in [0.4, 0.5) is 0 Å². The number of benzene rings is 1. The molecule has 0 spiro atoms. The van der Waals surface area contributed by atoms with Gasteiger partial charge in [-0.3, -0.25) is 9.69 Å². The van der Waals surface area contributed by atoms with Gasteiger partial charge < -0.3 is 9.42 Å². The molecule has 1 aliphatic heterocycles. The van der Waals surface area contributed by atoms with E-state index in [9.17, 15) is 4.79 Å². The second-order valence-electron chi connectivity index (χ2n) is 9.14. The number of fused-ring (bicyclic) bond motifs is 1. The normalized spacial score (nSPS) is 16.7. The number of hydrogen-bond donors (Lipinski definition) is 0. The molecular formula is C26H28N6O2S. The van der Waals surface area contributed by atoms with Crippen LogP contribution in [0, 0.1) is 0 Å². The van der Waals surface area contributed by atoms with Crippen LogP contribution < -0.4 is 0 Å². The van der Waals surface area contributed by atoms with E-state index in [2.05, 4.69) is 27.2 Å². The summed E-state index contributed by atoms with van der Waals surface area (Å²) in [5.74, 6) is 1.30. The predicted octanol–water partition coefficient (Wildman–Crippen LogP) is 4.21. The summed E-state index contributed by atoms with van der Waals surface area (Å²) in [4.78, 5) is 23.4. The summed E-state index contributed by atoms with van der Waals surface area (Å²) in [6, 6.07) is 14.1. The minimum Gasteiger partial charge on any atom is -0.338 e. The first-order valence-electron chi connectivity index (χ1n) is 12.3. The lowest BCUT2D eigenvalue weighted by atomic mass is 10.1. The summed E-state index contributed by atoms with van der Waals surface area (Å²) in [5.41, 5.74) is 4.01. The van der Waals surface area contributed by atoms with E-state index in [0.29, 0.717) is 37.0 Å².